The summed E-state index contributed by atoms with van der Waals surface area (Å²) in [5.41, 5.74) is 1.27. The molecule has 0 N–H and O–H groups in total. The maximum atomic E-state index is 12.2. The van der Waals surface area contributed by atoms with E-state index in [1.807, 2.05) is 0 Å². The van der Waals surface area contributed by atoms with Gasteiger partial charge in [-0.15, -0.1) is 0 Å². The first-order valence-electron chi connectivity index (χ1n) is 5.72. The molecule has 0 aliphatic heterocycles. The molecule has 0 fully saturated rings. The quantitative estimate of drug-likeness (QED) is 0.780. The van der Waals surface area contributed by atoms with Crippen LogP contribution in [0.2, 0.25) is 10.0 Å². The van der Waals surface area contributed by atoms with Crippen molar-refractivity contribution in [3.05, 3.63) is 63.6 Å². The third kappa shape index (κ3) is 3.28. The van der Waals surface area contributed by atoms with Gasteiger partial charge in [-0.2, -0.15) is 0 Å². The molecule has 0 saturated heterocycles. The minimum atomic E-state index is -0.0300. The maximum Gasteiger partial charge on any atom is 0.167 e. The van der Waals surface area contributed by atoms with Gasteiger partial charge in [0.15, 0.2) is 5.78 Å². The van der Waals surface area contributed by atoms with Crippen LogP contribution in [0.4, 0.5) is 0 Å². The van der Waals surface area contributed by atoms with Crippen LogP contribution in [0.25, 0.3) is 0 Å². The Balaban J connectivity index is 2.20. The third-order valence-corrected chi connectivity index (χ3v) is 3.52. The van der Waals surface area contributed by atoms with Crippen LogP contribution >= 0.6 is 23.2 Å². The van der Waals surface area contributed by atoms with E-state index < -0.39 is 0 Å². The maximum absolute atomic E-state index is 12.2. The Labute approximate surface area is 121 Å². The number of hydrogen-bond donors (Lipinski definition) is 0. The summed E-state index contributed by atoms with van der Waals surface area (Å²) < 4.78 is 5.05. The van der Waals surface area contributed by atoms with E-state index in [1.54, 1.807) is 49.6 Å². The Kier molecular flexibility index (Phi) is 4.46. The van der Waals surface area contributed by atoms with Crippen molar-refractivity contribution in [1.82, 2.24) is 0 Å². The van der Waals surface area contributed by atoms with E-state index in [0.717, 1.165) is 0 Å². The SMILES string of the molecule is COc1ccc(C(=O)Cc2c(Cl)cccc2Cl)cc1. The second kappa shape index (κ2) is 6.09. The van der Waals surface area contributed by atoms with Crippen LogP contribution < -0.4 is 4.74 Å². The molecule has 2 rings (SSSR count). The van der Waals surface area contributed by atoms with E-state index in [0.29, 0.717) is 26.9 Å². The molecular formula is C15H12Cl2O2. The normalized spacial score (nSPS) is 10.3. The van der Waals surface area contributed by atoms with E-state index in [2.05, 4.69) is 0 Å². The lowest BCUT2D eigenvalue weighted by Gasteiger charge is -2.07. The molecule has 0 amide bonds. The van der Waals surface area contributed by atoms with Crippen LogP contribution in [0.15, 0.2) is 42.5 Å². The highest BCUT2D eigenvalue weighted by molar-refractivity contribution is 6.36. The standard InChI is InChI=1S/C15H12Cl2O2/c1-19-11-7-5-10(6-8-11)15(18)9-12-13(16)3-2-4-14(12)17/h2-8H,9H2,1H3. The van der Waals surface area contributed by atoms with Gasteiger partial charge in [0.2, 0.25) is 0 Å². The summed E-state index contributed by atoms with van der Waals surface area (Å²) in [6, 6.07) is 12.2. The molecule has 2 aromatic carbocycles. The van der Waals surface area contributed by atoms with Crippen molar-refractivity contribution in [2.75, 3.05) is 7.11 Å². The Hall–Kier alpha value is -1.51. The molecule has 0 aliphatic carbocycles. The number of methoxy groups -OCH3 is 1. The Morgan fingerprint density at radius 2 is 1.63 bits per heavy atom. The molecule has 0 saturated carbocycles. The van der Waals surface area contributed by atoms with Crippen molar-refractivity contribution in [3.63, 3.8) is 0 Å². The number of halogens is 2. The molecule has 0 unspecified atom stereocenters. The number of ether oxygens (including phenoxy) is 1. The molecule has 98 valence electrons. The van der Waals surface area contributed by atoms with Crippen LogP contribution in [0.3, 0.4) is 0 Å². The van der Waals surface area contributed by atoms with Crippen LogP contribution in [0.1, 0.15) is 15.9 Å². The molecule has 0 spiro atoms. The fourth-order valence-corrected chi connectivity index (χ4v) is 2.27. The summed E-state index contributed by atoms with van der Waals surface area (Å²) >= 11 is 12.1. The van der Waals surface area contributed by atoms with Gasteiger partial charge in [0.25, 0.3) is 0 Å². The zero-order chi connectivity index (χ0) is 13.8. The second-order valence-electron chi connectivity index (χ2n) is 4.03. The number of carbonyl (C=O) groups is 1. The van der Waals surface area contributed by atoms with Crippen LogP contribution in [-0.4, -0.2) is 12.9 Å². The lowest BCUT2D eigenvalue weighted by molar-refractivity contribution is 0.0993. The molecule has 2 nitrogen and oxygen atoms in total. The van der Waals surface area contributed by atoms with Crippen molar-refractivity contribution >= 4 is 29.0 Å². The lowest BCUT2D eigenvalue weighted by atomic mass is 10.0. The van der Waals surface area contributed by atoms with Crippen molar-refractivity contribution in [1.29, 1.82) is 0 Å². The average Bonchev–Trinajstić information content (AvgIpc) is 2.43. The molecule has 0 aliphatic rings. The highest BCUT2D eigenvalue weighted by atomic mass is 35.5. The summed E-state index contributed by atoms with van der Waals surface area (Å²) in [5, 5.41) is 1.02. The van der Waals surface area contributed by atoms with E-state index >= 15 is 0 Å². The minimum Gasteiger partial charge on any atom is -0.497 e. The van der Waals surface area contributed by atoms with Crippen LogP contribution in [-0.2, 0) is 6.42 Å². The fraction of sp³-hybridized carbons (Fsp3) is 0.133. The van der Waals surface area contributed by atoms with Gasteiger partial charge in [0, 0.05) is 22.0 Å². The van der Waals surface area contributed by atoms with Crippen molar-refractivity contribution in [2.24, 2.45) is 0 Å². The topological polar surface area (TPSA) is 26.3 Å². The van der Waals surface area contributed by atoms with E-state index in [9.17, 15) is 4.79 Å². The van der Waals surface area contributed by atoms with Gasteiger partial charge in [-0.25, -0.2) is 0 Å². The molecule has 0 aromatic heterocycles. The van der Waals surface area contributed by atoms with Gasteiger partial charge in [0.05, 0.1) is 7.11 Å². The molecule has 0 bridgehead atoms. The summed E-state index contributed by atoms with van der Waals surface area (Å²) in [6.45, 7) is 0. The Morgan fingerprint density at radius 3 is 2.16 bits per heavy atom. The number of hydrogen-bond acceptors (Lipinski definition) is 2. The number of rotatable bonds is 4. The predicted octanol–water partition coefficient (Wildman–Crippen LogP) is 4.43. The first-order valence-corrected chi connectivity index (χ1v) is 6.47. The van der Waals surface area contributed by atoms with Crippen LogP contribution in [0, 0.1) is 0 Å². The summed E-state index contributed by atoms with van der Waals surface area (Å²) in [4.78, 5) is 12.2. The number of Topliss-reactive ketones (excluding diaryl/α,β-unsaturated/α-hetero) is 1. The smallest absolute Gasteiger partial charge is 0.167 e. The zero-order valence-electron chi connectivity index (χ0n) is 10.3. The van der Waals surface area contributed by atoms with Gasteiger partial charge in [-0.3, -0.25) is 4.79 Å². The first-order chi connectivity index (χ1) is 9.11. The van der Waals surface area contributed by atoms with Gasteiger partial charge in [0.1, 0.15) is 5.75 Å². The van der Waals surface area contributed by atoms with Gasteiger partial charge >= 0.3 is 0 Å². The molecule has 4 heteroatoms. The summed E-state index contributed by atoms with van der Waals surface area (Å²) in [5.74, 6) is 0.685. The van der Waals surface area contributed by atoms with E-state index in [4.69, 9.17) is 27.9 Å². The Morgan fingerprint density at radius 1 is 1.05 bits per heavy atom. The van der Waals surface area contributed by atoms with Crippen LogP contribution in [0.5, 0.6) is 5.75 Å². The molecule has 19 heavy (non-hydrogen) atoms. The predicted molar refractivity (Wildman–Crippen MR) is 77.5 cm³/mol. The molecular weight excluding hydrogens is 283 g/mol. The Bertz CT molecular complexity index is 571. The van der Waals surface area contributed by atoms with Gasteiger partial charge in [-0.05, 0) is 42.0 Å². The summed E-state index contributed by atoms with van der Waals surface area (Å²) in [6.07, 6.45) is 0.185. The number of benzene rings is 2. The number of carbonyl (C=O) groups excluding carboxylic acids is 1. The van der Waals surface area contributed by atoms with Crippen molar-refractivity contribution < 1.29 is 9.53 Å². The largest absolute Gasteiger partial charge is 0.497 e. The highest BCUT2D eigenvalue weighted by Gasteiger charge is 2.12. The van der Waals surface area contributed by atoms with Crippen molar-refractivity contribution in [2.45, 2.75) is 6.42 Å². The fourth-order valence-electron chi connectivity index (χ4n) is 1.74. The molecule has 0 heterocycles. The first kappa shape index (κ1) is 13.9. The lowest BCUT2D eigenvalue weighted by Crippen LogP contribution is -2.04. The summed E-state index contributed by atoms with van der Waals surface area (Å²) in [7, 11) is 1.58. The monoisotopic (exact) mass is 294 g/mol. The average molecular weight is 295 g/mol. The van der Waals surface area contributed by atoms with E-state index in [-0.39, 0.29) is 12.2 Å². The minimum absolute atomic E-state index is 0.0300. The third-order valence-electron chi connectivity index (χ3n) is 2.81. The number of ketones is 1. The highest BCUT2D eigenvalue weighted by Crippen LogP contribution is 2.26. The molecule has 0 atom stereocenters. The van der Waals surface area contributed by atoms with Gasteiger partial charge < -0.3 is 4.74 Å². The second-order valence-corrected chi connectivity index (χ2v) is 4.84. The molecule has 2 aromatic rings. The van der Waals surface area contributed by atoms with Crippen molar-refractivity contribution in [3.8, 4) is 5.75 Å². The zero-order valence-corrected chi connectivity index (χ0v) is 11.8. The molecule has 0 radical (unpaired) electrons. The van der Waals surface area contributed by atoms with E-state index in [1.165, 1.54) is 0 Å². The van der Waals surface area contributed by atoms with Gasteiger partial charge in [-0.1, -0.05) is 29.3 Å².